The summed E-state index contributed by atoms with van der Waals surface area (Å²) in [6.45, 7) is 2.56. The molecule has 0 bridgehead atoms. The van der Waals surface area contributed by atoms with Gasteiger partial charge in [-0.15, -0.1) is 0 Å². The number of aliphatic hydroxyl groups is 2. The van der Waals surface area contributed by atoms with Crippen molar-refractivity contribution >= 4 is 42.6 Å². The molecular weight excluding hydrogens is 704 g/mol. The van der Waals surface area contributed by atoms with Crippen molar-refractivity contribution in [3.8, 4) is 33.8 Å². The molecule has 0 saturated heterocycles. The number of halogens is 2. The molecule has 0 unspecified atom stereocenters. The van der Waals surface area contributed by atoms with Crippen LogP contribution in [0, 0.1) is 0 Å². The lowest BCUT2D eigenvalue weighted by Crippen LogP contribution is -2.25. The average Bonchev–Trinajstić information content (AvgIpc) is 3.10. The van der Waals surface area contributed by atoms with E-state index < -0.39 is 5.41 Å². The molecule has 6 rings (SSSR count). The van der Waals surface area contributed by atoms with E-state index in [-0.39, 0.29) is 26.4 Å². The summed E-state index contributed by atoms with van der Waals surface area (Å²) in [6.07, 6.45) is 0. The van der Waals surface area contributed by atoms with Gasteiger partial charge in [-0.05, 0) is 119 Å². The summed E-state index contributed by atoms with van der Waals surface area (Å²) in [5, 5.41) is 21.0. The van der Waals surface area contributed by atoms with Gasteiger partial charge in [0.15, 0.2) is 0 Å². The summed E-state index contributed by atoms with van der Waals surface area (Å²) in [6, 6.07) is 44.7. The van der Waals surface area contributed by atoms with E-state index in [9.17, 15) is 10.2 Å². The molecular formula is C40H34Br2O4. The normalized spacial score (nSPS) is 11.5. The first-order valence-electron chi connectivity index (χ1n) is 15.2. The Hall–Kier alpha value is -3.94. The van der Waals surface area contributed by atoms with Gasteiger partial charge in [-0.25, -0.2) is 0 Å². The van der Waals surface area contributed by atoms with E-state index in [0.29, 0.717) is 11.5 Å². The fourth-order valence-corrected chi connectivity index (χ4v) is 6.88. The molecule has 46 heavy (non-hydrogen) atoms. The van der Waals surface area contributed by atoms with Gasteiger partial charge in [-0.2, -0.15) is 0 Å². The van der Waals surface area contributed by atoms with Crippen molar-refractivity contribution in [2.75, 3.05) is 26.4 Å². The quantitative estimate of drug-likeness (QED) is 0.130. The van der Waals surface area contributed by atoms with Crippen molar-refractivity contribution in [1.82, 2.24) is 0 Å². The zero-order valence-corrected chi connectivity index (χ0v) is 28.6. The standard InChI is InChI=1S/C40H34Br2O4/c1-40(34-16-18-38(36(41)25-34)45-22-20-43,35-17-19-39(37(42)26-35)46-23-21-44)33-14-12-29(13-15-33)28-6-8-30(9-7-28)32-11-10-27-4-2-3-5-31(27)24-32/h2-19,24-26,43-44H,20-23H2,1H3. The fraction of sp³-hybridized carbons (Fsp3) is 0.150. The van der Waals surface area contributed by atoms with Gasteiger partial charge in [0.1, 0.15) is 24.7 Å². The van der Waals surface area contributed by atoms with Crippen LogP contribution in [-0.4, -0.2) is 36.6 Å². The summed E-state index contributed by atoms with van der Waals surface area (Å²) in [7, 11) is 0. The summed E-state index contributed by atoms with van der Waals surface area (Å²) >= 11 is 7.37. The SMILES string of the molecule is CC(c1ccc(-c2ccc(-c3ccc4ccccc4c3)cc2)cc1)(c1ccc(OCCO)c(Br)c1)c1ccc(OCCO)c(Br)c1. The highest BCUT2D eigenvalue weighted by Crippen LogP contribution is 2.44. The van der Waals surface area contributed by atoms with Crippen LogP contribution in [-0.2, 0) is 5.41 Å². The monoisotopic (exact) mass is 736 g/mol. The maximum absolute atomic E-state index is 9.24. The first kappa shape index (κ1) is 32.0. The van der Waals surface area contributed by atoms with E-state index in [1.54, 1.807) is 0 Å². The Morgan fingerprint density at radius 3 is 1.43 bits per heavy atom. The van der Waals surface area contributed by atoms with Gasteiger partial charge in [-0.3, -0.25) is 0 Å². The summed E-state index contributed by atoms with van der Waals surface area (Å²) in [5.74, 6) is 1.35. The van der Waals surface area contributed by atoms with Crippen molar-refractivity contribution < 1.29 is 19.7 Å². The van der Waals surface area contributed by atoms with Crippen molar-refractivity contribution in [1.29, 1.82) is 0 Å². The summed E-state index contributed by atoms with van der Waals surface area (Å²) < 4.78 is 13.1. The zero-order valence-electron chi connectivity index (χ0n) is 25.4. The predicted octanol–water partition coefficient (Wildman–Crippen LogP) is 9.80. The second-order valence-corrected chi connectivity index (χ2v) is 13.0. The van der Waals surface area contributed by atoms with E-state index in [1.807, 2.05) is 12.1 Å². The molecule has 0 amide bonds. The Bertz CT molecular complexity index is 1890. The van der Waals surface area contributed by atoms with Crippen molar-refractivity contribution in [3.05, 3.63) is 153 Å². The van der Waals surface area contributed by atoms with Crippen LogP contribution in [0.1, 0.15) is 23.6 Å². The Balaban J connectivity index is 1.34. The lowest BCUT2D eigenvalue weighted by atomic mass is 9.71. The van der Waals surface area contributed by atoms with Gasteiger partial charge in [0, 0.05) is 5.41 Å². The second kappa shape index (κ2) is 14.2. The lowest BCUT2D eigenvalue weighted by molar-refractivity contribution is 0.200. The Morgan fingerprint density at radius 2 is 0.935 bits per heavy atom. The molecule has 0 aromatic heterocycles. The molecule has 0 aliphatic heterocycles. The van der Waals surface area contributed by atoms with Gasteiger partial charge < -0.3 is 19.7 Å². The first-order chi connectivity index (χ1) is 22.4. The van der Waals surface area contributed by atoms with E-state index in [0.717, 1.165) is 36.8 Å². The number of ether oxygens (including phenoxy) is 2. The van der Waals surface area contributed by atoms with Crippen LogP contribution < -0.4 is 9.47 Å². The number of aliphatic hydroxyl groups excluding tert-OH is 2. The van der Waals surface area contributed by atoms with Crippen LogP contribution in [0.3, 0.4) is 0 Å². The van der Waals surface area contributed by atoms with Crippen molar-refractivity contribution in [3.63, 3.8) is 0 Å². The fourth-order valence-electron chi connectivity index (χ4n) is 5.89. The largest absolute Gasteiger partial charge is 0.490 e. The number of rotatable bonds is 11. The number of hydrogen-bond acceptors (Lipinski definition) is 4. The third kappa shape index (κ3) is 6.62. The van der Waals surface area contributed by atoms with Crippen LogP contribution in [0.15, 0.2) is 136 Å². The van der Waals surface area contributed by atoms with Crippen LogP contribution in [0.2, 0.25) is 0 Å². The topological polar surface area (TPSA) is 58.9 Å². The summed E-state index contributed by atoms with van der Waals surface area (Å²) in [4.78, 5) is 0. The van der Waals surface area contributed by atoms with E-state index in [2.05, 4.69) is 154 Å². The third-order valence-corrected chi connectivity index (χ3v) is 9.72. The number of fused-ring (bicyclic) bond motifs is 1. The summed E-state index contributed by atoms with van der Waals surface area (Å²) in [5.41, 5.74) is 7.41. The van der Waals surface area contributed by atoms with Gasteiger partial charge >= 0.3 is 0 Å². The molecule has 0 radical (unpaired) electrons. The second-order valence-electron chi connectivity index (χ2n) is 11.3. The molecule has 0 aliphatic carbocycles. The van der Waals surface area contributed by atoms with E-state index >= 15 is 0 Å². The molecule has 6 heteroatoms. The minimum Gasteiger partial charge on any atom is -0.490 e. The highest BCUT2D eigenvalue weighted by molar-refractivity contribution is 9.11. The average molecular weight is 739 g/mol. The molecule has 0 atom stereocenters. The van der Waals surface area contributed by atoms with E-state index in [1.165, 1.54) is 21.9 Å². The molecule has 0 aliphatic rings. The molecule has 4 nitrogen and oxygen atoms in total. The van der Waals surface area contributed by atoms with Crippen LogP contribution >= 0.6 is 31.9 Å². The van der Waals surface area contributed by atoms with Crippen LogP contribution in [0.5, 0.6) is 11.5 Å². The lowest BCUT2D eigenvalue weighted by Gasteiger charge is -2.33. The third-order valence-electron chi connectivity index (χ3n) is 8.48. The van der Waals surface area contributed by atoms with Crippen molar-refractivity contribution in [2.24, 2.45) is 0 Å². The Labute approximate surface area is 286 Å². The molecule has 6 aromatic carbocycles. The molecule has 232 valence electrons. The molecule has 0 fully saturated rings. The molecule has 0 spiro atoms. The number of hydrogen-bond donors (Lipinski definition) is 2. The highest BCUT2D eigenvalue weighted by Gasteiger charge is 2.32. The Morgan fingerprint density at radius 1 is 0.500 bits per heavy atom. The maximum atomic E-state index is 9.24. The minimum atomic E-state index is -0.533. The smallest absolute Gasteiger partial charge is 0.133 e. The Kier molecular flexibility index (Phi) is 9.90. The van der Waals surface area contributed by atoms with E-state index in [4.69, 9.17) is 9.47 Å². The molecule has 0 saturated carbocycles. The van der Waals surface area contributed by atoms with Gasteiger partial charge in [0.2, 0.25) is 0 Å². The van der Waals surface area contributed by atoms with Gasteiger partial charge in [0.25, 0.3) is 0 Å². The number of benzene rings is 6. The maximum Gasteiger partial charge on any atom is 0.133 e. The van der Waals surface area contributed by atoms with Crippen LogP contribution in [0.4, 0.5) is 0 Å². The molecule has 6 aromatic rings. The zero-order chi connectivity index (χ0) is 32.1. The minimum absolute atomic E-state index is 0.0524. The van der Waals surface area contributed by atoms with Crippen molar-refractivity contribution in [2.45, 2.75) is 12.3 Å². The first-order valence-corrected chi connectivity index (χ1v) is 16.8. The van der Waals surface area contributed by atoms with Gasteiger partial charge in [0.05, 0.1) is 22.2 Å². The highest BCUT2D eigenvalue weighted by atomic mass is 79.9. The van der Waals surface area contributed by atoms with Crippen LogP contribution in [0.25, 0.3) is 33.0 Å². The van der Waals surface area contributed by atoms with Gasteiger partial charge in [-0.1, -0.05) is 97.1 Å². The molecule has 2 N–H and O–H groups in total. The molecule has 0 heterocycles. The predicted molar refractivity (Wildman–Crippen MR) is 194 cm³/mol.